The molecule has 0 bridgehead atoms. The van der Waals surface area contributed by atoms with Gasteiger partial charge in [0.2, 0.25) is 5.91 Å². The van der Waals surface area contributed by atoms with E-state index in [0.717, 1.165) is 42.8 Å². The smallest absolute Gasteiger partial charge is 0.224 e. The summed E-state index contributed by atoms with van der Waals surface area (Å²) in [6.07, 6.45) is 2.37. The summed E-state index contributed by atoms with van der Waals surface area (Å²) in [7, 11) is 0. The number of nitrogens with two attached hydrogens (primary N) is 1. The first-order valence-corrected chi connectivity index (χ1v) is 7.61. The highest BCUT2D eigenvalue weighted by atomic mass is 16.2. The number of H-pyrrole nitrogens is 1. The van der Waals surface area contributed by atoms with Crippen LogP contribution in [-0.4, -0.2) is 39.9 Å². The number of piperidine rings is 1. The predicted octanol–water partition coefficient (Wildman–Crippen LogP) is 2.01. The van der Waals surface area contributed by atoms with Crippen LogP contribution in [0.15, 0.2) is 24.3 Å². The first kappa shape index (κ1) is 14.1. The molecule has 5 nitrogen and oxygen atoms in total. The molecule has 3 N–H and O–H groups in total. The molecule has 1 amide bonds. The van der Waals surface area contributed by atoms with Crippen LogP contribution < -0.4 is 5.73 Å². The minimum atomic E-state index is -0.0643. The van der Waals surface area contributed by atoms with E-state index in [-0.39, 0.29) is 11.9 Å². The highest BCUT2D eigenvalue weighted by molar-refractivity contribution is 5.77. The second kappa shape index (κ2) is 5.85. The van der Waals surface area contributed by atoms with Gasteiger partial charge in [-0.3, -0.25) is 4.79 Å². The molecule has 112 valence electrons. The molecule has 1 unspecified atom stereocenters. The molecule has 2 heterocycles. The van der Waals surface area contributed by atoms with E-state index < -0.39 is 0 Å². The molecule has 0 aliphatic carbocycles. The number of benzene rings is 1. The number of hydrogen-bond acceptors (Lipinski definition) is 3. The van der Waals surface area contributed by atoms with Crippen molar-refractivity contribution in [2.75, 3.05) is 13.1 Å². The number of aromatic amines is 1. The number of imidazole rings is 1. The zero-order valence-electron chi connectivity index (χ0n) is 12.4. The first-order valence-electron chi connectivity index (χ1n) is 7.61. The molecule has 2 aromatic rings. The number of fused-ring (bicyclic) bond motifs is 1. The topological polar surface area (TPSA) is 75.0 Å². The van der Waals surface area contributed by atoms with E-state index in [0.29, 0.717) is 12.3 Å². The van der Waals surface area contributed by atoms with E-state index in [1.807, 2.05) is 36.1 Å². The number of aromatic nitrogens is 2. The number of amides is 1. The molecule has 1 aromatic carbocycles. The number of nitrogens with one attached hydrogen (secondary N) is 1. The summed E-state index contributed by atoms with van der Waals surface area (Å²) < 4.78 is 0. The monoisotopic (exact) mass is 286 g/mol. The van der Waals surface area contributed by atoms with Crippen LogP contribution in [-0.2, 0) is 4.79 Å². The van der Waals surface area contributed by atoms with Crippen molar-refractivity contribution in [3.63, 3.8) is 0 Å². The van der Waals surface area contributed by atoms with E-state index in [2.05, 4.69) is 9.97 Å². The van der Waals surface area contributed by atoms with Gasteiger partial charge in [-0.05, 0) is 31.9 Å². The minimum absolute atomic E-state index is 0.0643. The fourth-order valence-electron chi connectivity index (χ4n) is 2.97. The Bertz CT molecular complexity index is 593. The van der Waals surface area contributed by atoms with Gasteiger partial charge >= 0.3 is 0 Å². The average molecular weight is 286 g/mol. The fourth-order valence-corrected chi connectivity index (χ4v) is 2.97. The fraction of sp³-hybridized carbons (Fsp3) is 0.500. The SMILES string of the molecule is CC(N)CC(=O)N1CCC(c2nc3ccccc3[nH]2)CC1. The first-order chi connectivity index (χ1) is 10.1. The largest absolute Gasteiger partial charge is 0.343 e. The van der Waals surface area contributed by atoms with E-state index in [9.17, 15) is 4.79 Å². The molecule has 1 aliphatic rings. The lowest BCUT2D eigenvalue weighted by Gasteiger charge is -2.31. The number of rotatable bonds is 3. The summed E-state index contributed by atoms with van der Waals surface area (Å²) in [6.45, 7) is 3.47. The van der Waals surface area contributed by atoms with Gasteiger partial charge in [-0.25, -0.2) is 4.98 Å². The Labute approximate surface area is 124 Å². The Morgan fingerprint density at radius 1 is 1.43 bits per heavy atom. The van der Waals surface area contributed by atoms with Crippen molar-refractivity contribution in [3.8, 4) is 0 Å². The predicted molar refractivity (Wildman–Crippen MR) is 82.9 cm³/mol. The van der Waals surface area contributed by atoms with Gasteiger partial charge < -0.3 is 15.6 Å². The average Bonchev–Trinajstić information content (AvgIpc) is 2.90. The molecular formula is C16H22N4O. The van der Waals surface area contributed by atoms with E-state index in [1.54, 1.807) is 0 Å². The van der Waals surface area contributed by atoms with Crippen molar-refractivity contribution in [1.29, 1.82) is 0 Å². The molecule has 0 radical (unpaired) electrons. The number of nitrogens with zero attached hydrogens (tertiary/aromatic N) is 2. The van der Waals surface area contributed by atoms with Crippen molar-refractivity contribution in [2.24, 2.45) is 5.73 Å². The summed E-state index contributed by atoms with van der Waals surface area (Å²) in [6, 6.07) is 8.02. The number of para-hydroxylation sites is 2. The number of carbonyl (C=O) groups is 1. The summed E-state index contributed by atoms with van der Waals surface area (Å²) in [5, 5.41) is 0. The Kier molecular flexibility index (Phi) is 3.92. The van der Waals surface area contributed by atoms with Gasteiger partial charge in [0.1, 0.15) is 5.82 Å². The molecule has 1 fully saturated rings. The van der Waals surface area contributed by atoms with Crippen LogP contribution >= 0.6 is 0 Å². The standard InChI is InChI=1S/C16H22N4O/c1-11(17)10-15(21)20-8-6-12(7-9-20)16-18-13-4-2-3-5-14(13)19-16/h2-5,11-12H,6-10,17H2,1H3,(H,18,19). The molecule has 3 rings (SSSR count). The minimum Gasteiger partial charge on any atom is -0.343 e. The van der Waals surface area contributed by atoms with E-state index >= 15 is 0 Å². The maximum atomic E-state index is 12.0. The molecule has 21 heavy (non-hydrogen) atoms. The van der Waals surface area contributed by atoms with Gasteiger partial charge in [-0.2, -0.15) is 0 Å². The maximum Gasteiger partial charge on any atom is 0.224 e. The Hall–Kier alpha value is -1.88. The number of likely N-dealkylation sites (tertiary alicyclic amines) is 1. The second-order valence-electron chi connectivity index (χ2n) is 5.98. The van der Waals surface area contributed by atoms with E-state index in [1.165, 1.54) is 0 Å². The highest BCUT2D eigenvalue weighted by Crippen LogP contribution is 2.27. The molecule has 1 aromatic heterocycles. The van der Waals surface area contributed by atoms with Crippen LogP contribution in [0.3, 0.4) is 0 Å². The lowest BCUT2D eigenvalue weighted by atomic mass is 9.96. The van der Waals surface area contributed by atoms with Crippen LogP contribution in [0.1, 0.15) is 37.9 Å². The zero-order valence-corrected chi connectivity index (χ0v) is 12.4. The molecule has 1 saturated heterocycles. The lowest BCUT2D eigenvalue weighted by molar-refractivity contribution is -0.132. The number of hydrogen-bond donors (Lipinski definition) is 2. The maximum absolute atomic E-state index is 12.0. The van der Waals surface area contributed by atoms with Crippen LogP contribution in [0.25, 0.3) is 11.0 Å². The zero-order chi connectivity index (χ0) is 14.8. The number of carbonyl (C=O) groups excluding carboxylic acids is 1. The lowest BCUT2D eigenvalue weighted by Crippen LogP contribution is -2.40. The summed E-state index contributed by atoms with van der Waals surface area (Å²) in [5.41, 5.74) is 7.80. The van der Waals surface area contributed by atoms with Crippen molar-refractivity contribution in [1.82, 2.24) is 14.9 Å². The van der Waals surface area contributed by atoms with Crippen molar-refractivity contribution >= 4 is 16.9 Å². The van der Waals surface area contributed by atoms with Gasteiger partial charge in [0, 0.05) is 31.5 Å². The molecule has 1 atom stereocenters. The summed E-state index contributed by atoms with van der Waals surface area (Å²) in [4.78, 5) is 22.0. The molecule has 0 spiro atoms. The van der Waals surface area contributed by atoms with Crippen molar-refractivity contribution in [3.05, 3.63) is 30.1 Å². The molecular weight excluding hydrogens is 264 g/mol. The molecule has 5 heteroatoms. The summed E-state index contributed by atoms with van der Waals surface area (Å²) in [5.74, 6) is 1.64. The van der Waals surface area contributed by atoms with Gasteiger partial charge in [0.05, 0.1) is 11.0 Å². The molecule has 1 aliphatic heterocycles. The normalized spacial score (nSPS) is 18.1. The third-order valence-corrected chi connectivity index (χ3v) is 4.14. The second-order valence-corrected chi connectivity index (χ2v) is 5.98. The van der Waals surface area contributed by atoms with Crippen molar-refractivity contribution < 1.29 is 4.79 Å². The highest BCUT2D eigenvalue weighted by Gasteiger charge is 2.25. The van der Waals surface area contributed by atoms with Crippen LogP contribution in [0.5, 0.6) is 0 Å². The van der Waals surface area contributed by atoms with Gasteiger partial charge in [0.15, 0.2) is 0 Å². The third kappa shape index (κ3) is 3.08. The van der Waals surface area contributed by atoms with E-state index in [4.69, 9.17) is 5.73 Å². The third-order valence-electron chi connectivity index (χ3n) is 4.14. The van der Waals surface area contributed by atoms with Crippen LogP contribution in [0, 0.1) is 0 Å². The Morgan fingerprint density at radius 3 is 2.81 bits per heavy atom. The molecule has 0 saturated carbocycles. The Balaban J connectivity index is 1.64. The van der Waals surface area contributed by atoms with Crippen molar-refractivity contribution in [2.45, 2.75) is 38.1 Å². The van der Waals surface area contributed by atoms with Crippen LogP contribution in [0.4, 0.5) is 0 Å². The Morgan fingerprint density at radius 2 is 2.14 bits per heavy atom. The quantitative estimate of drug-likeness (QED) is 0.906. The van der Waals surface area contributed by atoms with Gasteiger partial charge in [0.25, 0.3) is 0 Å². The van der Waals surface area contributed by atoms with Gasteiger partial charge in [-0.15, -0.1) is 0 Å². The van der Waals surface area contributed by atoms with Crippen LogP contribution in [0.2, 0.25) is 0 Å². The summed E-state index contributed by atoms with van der Waals surface area (Å²) >= 11 is 0. The van der Waals surface area contributed by atoms with Gasteiger partial charge in [-0.1, -0.05) is 12.1 Å².